The number of phenols is 1. The van der Waals surface area contributed by atoms with Gasteiger partial charge in [-0.2, -0.15) is 0 Å². The van der Waals surface area contributed by atoms with Crippen LogP contribution in [-0.2, 0) is 9.26 Å². The van der Waals surface area contributed by atoms with Crippen LogP contribution in [0.15, 0.2) is 18.2 Å². The summed E-state index contributed by atoms with van der Waals surface area (Å²) in [6.07, 6.45) is 5.29. The smallest absolute Gasteiger partial charge is 0.342 e. The van der Waals surface area contributed by atoms with Gasteiger partial charge in [0.05, 0.1) is 12.2 Å². The molecule has 0 aliphatic rings. The molecule has 0 spiro atoms. The van der Waals surface area contributed by atoms with E-state index in [0.29, 0.717) is 12.1 Å². The standard InChI is InChI=1S/C17H24NO6P/c1-5-25(24-17(3,4)11-20)18-13-6-7-14(15(21)10-13)16(22)23-12(2)8-9-19/h1,6-7,10,12,18-21H,8-9,11H2,2-4H3. The molecule has 8 heteroatoms. The molecule has 25 heavy (non-hydrogen) atoms. The zero-order valence-electron chi connectivity index (χ0n) is 14.5. The zero-order chi connectivity index (χ0) is 19.0. The van der Waals surface area contributed by atoms with Gasteiger partial charge in [0.25, 0.3) is 0 Å². The van der Waals surface area contributed by atoms with E-state index in [1.807, 2.05) is 0 Å². The Labute approximate surface area is 148 Å². The summed E-state index contributed by atoms with van der Waals surface area (Å²) < 4.78 is 10.7. The van der Waals surface area contributed by atoms with Crippen LogP contribution in [0.2, 0.25) is 0 Å². The molecule has 0 radical (unpaired) electrons. The number of ether oxygens (including phenoxy) is 1. The molecule has 0 saturated carbocycles. The molecular weight excluding hydrogens is 345 g/mol. The van der Waals surface area contributed by atoms with Crippen LogP contribution < -0.4 is 5.09 Å². The number of aliphatic hydroxyl groups is 2. The maximum absolute atomic E-state index is 12.0. The Morgan fingerprint density at radius 3 is 2.64 bits per heavy atom. The van der Waals surface area contributed by atoms with E-state index in [4.69, 9.17) is 20.8 Å². The van der Waals surface area contributed by atoms with Gasteiger partial charge >= 0.3 is 5.97 Å². The van der Waals surface area contributed by atoms with Crippen LogP contribution in [0.4, 0.5) is 5.69 Å². The van der Waals surface area contributed by atoms with Crippen LogP contribution in [0.5, 0.6) is 5.75 Å². The molecule has 2 atom stereocenters. The van der Waals surface area contributed by atoms with Crippen LogP contribution in [0.3, 0.4) is 0 Å². The quantitative estimate of drug-likeness (QED) is 0.301. The minimum absolute atomic E-state index is 0.0111. The molecule has 0 bridgehead atoms. The third kappa shape index (κ3) is 6.89. The summed E-state index contributed by atoms with van der Waals surface area (Å²) in [7, 11) is -1.52. The number of nitrogens with one attached hydrogen (secondary N) is 1. The van der Waals surface area contributed by atoms with Gasteiger partial charge in [-0.25, -0.2) is 4.79 Å². The average Bonchev–Trinajstić information content (AvgIpc) is 2.54. The predicted octanol–water partition coefficient (Wildman–Crippen LogP) is 2.42. The van der Waals surface area contributed by atoms with Crippen molar-refractivity contribution in [2.75, 3.05) is 18.3 Å². The van der Waals surface area contributed by atoms with Crippen molar-refractivity contribution in [3.63, 3.8) is 0 Å². The first kappa shape index (κ1) is 21.2. The highest BCUT2D eigenvalue weighted by molar-refractivity contribution is 7.59. The maximum atomic E-state index is 12.0. The Morgan fingerprint density at radius 1 is 1.44 bits per heavy atom. The highest BCUT2D eigenvalue weighted by Gasteiger charge is 2.23. The Morgan fingerprint density at radius 2 is 2.12 bits per heavy atom. The van der Waals surface area contributed by atoms with Gasteiger partial charge in [-0.05, 0) is 38.6 Å². The van der Waals surface area contributed by atoms with Gasteiger partial charge in [-0.1, -0.05) is 0 Å². The number of terminal acetylenes is 1. The van der Waals surface area contributed by atoms with Crippen molar-refractivity contribution in [3.05, 3.63) is 23.8 Å². The third-order valence-electron chi connectivity index (χ3n) is 3.13. The molecule has 2 unspecified atom stereocenters. The summed E-state index contributed by atoms with van der Waals surface area (Å²) in [5, 5.41) is 31.1. The number of carbonyl (C=O) groups is 1. The fourth-order valence-electron chi connectivity index (χ4n) is 1.74. The second-order valence-corrected chi connectivity index (χ2v) is 7.26. The van der Waals surface area contributed by atoms with Crippen LogP contribution in [0.25, 0.3) is 0 Å². The fraction of sp³-hybridized carbons (Fsp3) is 0.471. The lowest BCUT2D eigenvalue weighted by Gasteiger charge is -2.26. The van der Waals surface area contributed by atoms with E-state index < -0.39 is 26.0 Å². The van der Waals surface area contributed by atoms with E-state index in [1.54, 1.807) is 26.8 Å². The first-order valence-electron chi connectivity index (χ1n) is 7.70. The minimum atomic E-state index is -1.52. The van der Waals surface area contributed by atoms with Crippen molar-refractivity contribution in [1.82, 2.24) is 0 Å². The van der Waals surface area contributed by atoms with Crippen molar-refractivity contribution in [2.24, 2.45) is 0 Å². The summed E-state index contributed by atoms with van der Waals surface area (Å²) in [5.41, 5.74) is 2.13. The molecule has 0 amide bonds. The molecule has 138 valence electrons. The van der Waals surface area contributed by atoms with Gasteiger partial charge in [0.15, 0.2) is 0 Å². The van der Waals surface area contributed by atoms with E-state index in [0.717, 1.165) is 0 Å². The highest BCUT2D eigenvalue weighted by Crippen LogP contribution is 2.41. The Kier molecular flexibility index (Phi) is 8.14. The molecule has 0 fully saturated rings. The average molecular weight is 369 g/mol. The minimum Gasteiger partial charge on any atom is -0.507 e. The van der Waals surface area contributed by atoms with Crippen LogP contribution >= 0.6 is 8.30 Å². The SMILES string of the molecule is C#CP(Nc1ccc(C(=O)OC(C)CCO)c(O)c1)OC(C)(C)CO. The van der Waals surface area contributed by atoms with E-state index in [2.05, 4.69) is 10.7 Å². The first-order chi connectivity index (χ1) is 11.7. The lowest BCUT2D eigenvalue weighted by Crippen LogP contribution is -2.27. The number of aromatic hydroxyl groups is 1. The molecule has 1 aromatic carbocycles. The highest BCUT2D eigenvalue weighted by atomic mass is 31.2. The largest absolute Gasteiger partial charge is 0.507 e. The van der Waals surface area contributed by atoms with Gasteiger partial charge < -0.3 is 29.7 Å². The number of carbonyl (C=O) groups excluding carboxylic acids is 1. The van der Waals surface area contributed by atoms with Gasteiger partial charge in [0, 0.05) is 24.8 Å². The number of hydrogen-bond acceptors (Lipinski definition) is 7. The molecule has 0 heterocycles. The van der Waals surface area contributed by atoms with Crippen molar-refractivity contribution < 1.29 is 29.4 Å². The number of anilines is 1. The topological polar surface area (TPSA) is 108 Å². The summed E-state index contributed by atoms with van der Waals surface area (Å²) in [6, 6.07) is 4.32. The van der Waals surface area contributed by atoms with Crippen LogP contribution in [0.1, 0.15) is 37.6 Å². The Hall–Kier alpha value is -1.84. The molecule has 0 aromatic heterocycles. The maximum Gasteiger partial charge on any atom is 0.342 e. The number of phenolic OH excluding ortho intramolecular Hbond substituents is 1. The molecule has 0 saturated heterocycles. The summed E-state index contributed by atoms with van der Waals surface area (Å²) in [6.45, 7) is 4.76. The molecule has 0 aliphatic carbocycles. The summed E-state index contributed by atoms with van der Waals surface area (Å²) >= 11 is 0. The second kappa shape index (κ2) is 9.59. The Bertz CT molecular complexity index is 628. The predicted molar refractivity (Wildman–Crippen MR) is 96.3 cm³/mol. The normalized spacial score (nSPS) is 13.6. The van der Waals surface area contributed by atoms with Gasteiger partial charge in [-0.15, -0.1) is 6.42 Å². The summed E-state index contributed by atoms with van der Waals surface area (Å²) in [5.74, 6) is -0.943. The van der Waals surface area contributed by atoms with Crippen molar-refractivity contribution in [1.29, 1.82) is 0 Å². The number of benzene rings is 1. The monoisotopic (exact) mass is 369 g/mol. The second-order valence-electron chi connectivity index (χ2n) is 6.00. The van der Waals surface area contributed by atoms with Gasteiger partial charge in [0.1, 0.15) is 17.4 Å². The van der Waals surface area contributed by atoms with Crippen LogP contribution in [-0.4, -0.2) is 46.2 Å². The van der Waals surface area contributed by atoms with Crippen LogP contribution in [0, 0.1) is 12.1 Å². The lowest BCUT2D eigenvalue weighted by atomic mass is 10.2. The Balaban J connectivity index is 2.81. The molecule has 1 rings (SSSR count). The van der Waals surface area contributed by atoms with Gasteiger partial charge in [0.2, 0.25) is 8.30 Å². The number of aliphatic hydroxyl groups excluding tert-OH is 2. The van der Waals surface area contributed by atoms with E-state index in [1.165, 1.54) is 12.1 Å². The molecule has 0 aliphatic heterocycles. The summed E-state index contributed by atoms with van der Waals surface area (Å²) in [4.78, 5) is 12.0. The number of rotatable bonds is 9. The van der Waals surface area contributed by atoms with Gasteiger partial charge in [-0.3, -0.25) is 0 Å². The number of esters is 1. The van der Waals surface area contributed by atoms with E-state index in [9.17, 15) is 15.0 Å². The first-order valence-corrected chi connectivity index (χ1v) is 8.96. The molecule has 4 N–H and O–H groups in total. The van der Waals surface area contributed by atoms with Crippen molar-refractivity contribution in [3.8, 4) is 17.8 Å². The zero-order valence-corrected chi connectivity index (χ0v) is 15.4. The van der Waals surface area contributed by atoms with Crippen molar-refractivity contribution in [2.45, 2.75) is 38.9 Å². The number of hydrogen-bond donors (Lipinski definition) is 4. The fourth-order valence-corrected chi connectivity index (χ4v) is 2.82. The third-order valence-corrected chi connectivity index (χ3v) is 4.50. The lowest BCUT2D eigenvalue weighted by molar-refractivity contribution is 0.0286. The van der Waals surface area contributed by atoms with E-state index >= 15 is 0 Å². The van der Waals surface area contributed by atoms with E-state index in [-0.39, 0.29) is 24.5 Å². The molecule has 7 nitrogen and oxygen atoms in total. The molecule has 1 aromatic rings. The molecular formula is C17H24NO6P. The van der Waals surface area contributed by atoms with Crippen molar-refractivity contribution >= 4 is 20.0 Å².